The van der Waals surface area contributed by atoms with Crippen molar-refractivity contribution in [3.63, 3.8) is 0 Å². The number of allylic oxidation sites excluding steroid dienone is 4. The molecule has 3 atom stereocenters. The molecule has 6 nitrogen and oxygen atoms in total. The van der Waals surface area contributed by atoms with Crippen molar-refractivity contribution in [1.29, 1.82) is 0 Å². The van der Waals surface area contributed by atoms with E-state index in [4.69, 9.17) is 14.6 Å². The highest BCUT2D eigenvalue weighted by molar-refractivity contribution is 5.72. The van der Waals surface area contributed by atoms with Gasteiger partial charge in [0.2, 0.25) is 0 Å². The maximum Gasteiger partial charge on any atom is 0.332 e. The van der Waals surface area contributed by atoms with Crippen LogP contribution in [0.25, 0.3) is 0 Å². The van der Waals surface area contributed by atoms with E-state index in [0.29, 0.717) is 18.8 Å². The molecule has 0 saturated heterocycles. The second kappa shape index (κ2) is 26.0. The Morgan fingerprint density at radius 3 is 1.65 bits per heavy atom. The highest BCUT2D eigenvalue weighted by atomic mass is 16.5. The van der Waals surface area contributed by atoms with Gasteiger partial charge >= 0.3 is 11.9 Å². The minimum Gasteiger partial charge on any atom is -0.479 e. The van der Waals surface area contributed by atoms with Gasteiger partial charge < -0.3 is 19.7 Å². The van der Waals surface area contributed by atoms with Gasteiger partial charge in [-0.05, 0) is 63.7 Å². The maximum absolute atomic E-state index is 11.4. The lowest BCUT2D eigenvalue weighted by molar-refractivity contribution is -0.150. The number of unbranched alkanes of at least 4 members (excludes halogenated alkanes) is 12. The summed E-state index contributed by atoms with van der Waals surface area (Å²) in [6.07, 6.45) is 28.2. The van der Waals surface area contributed by atoms with Gasteiger partial charge in [-0.1, -0.05) is 95.4 Å². The van der Waals surface area contributed by atoms with Crippen molar-refractivity contribution < 1.29 is 29.3 Å². The Bertz CT molecular complexity index is 601. The van der Waals surface area contributed by atoms with Gasteiger partial charge in [0.15, 0.2) is 12.2 Å². The molecular formula is C31H56O6. The first-order chi connectivity index (χ1) is 18.0. The Kier molecular flexibility index (Phi) is 24.8. The van der Waals surface area contributed by atoms with E-state index >= 15 is 0 Å². The summed E-state index contributed by atoms with van der Waals surface area (Å²) < 4.78 is 10.1. The summed E-state index contributed by atoms with van der Waals surface area (Å²) in [5.74, 6) is -1.39. The average molecular weight is 525 g/mol. The molecule has 3 unspecified atom stereocenters. The quantitative estimate of drug-likeness (QED) is 0.0828. The van der Waals surface area contributed by atoms with Crippen molar-refractivity contribution in [2.75, 3.05) is 14.2 Å². The van der Waals surface area contributed by atoms with Crippen molar-refractivity contribution in [3.8, 4) is 0 Å². The van der Waals surface area contributed by atoms with Crippen LogP contribution in [0.3, 0.4) is 0 Å². The van der Waals surface area contributed by atoms with E-state index in [1.165, 1.54) is 78.4 Å². The number of rotatable bonds is 27. The fraction of sp³-hybridized carbons (Fsp3) is 0.806. The molecule has 6 heteroatoms. The van der Waals surface area contributed by atoms with Crippen LogP contribution in [-0.2, 0) is 19.1 Å². The second-order valence-electron chi connectivity index (χ2n) is 10.2. The van der Waals surface area contributed by atoms with E-state index in [1.54, 1.807) is 0 Å². The zero-order valence-corrected chi connectivity index (χ0v) is 24.0. The molecular weight excluding hydrogens is 468 g/mol. The van der Waals surface area contributed by atoms with Gasteiger partial charge in [0.25, 0.3) is 0 Å². The van der Waals surface area contributed by atoms with Crippen molar-refractivity contribution in [1.82, 2.24) is 0 Å². The molecule has 0 bridgehead atoms. The molecule has 0 aliphatic rings. The summed E-state index contributed by atoms with van der Waals surface area (Å²) in [5.41, 5.74) is 0. The van der Waals surface area contributed by atoms with Crippen LogP contribution in [0.4, 0.5) is 0 Å². The van der Waals surface area contributed by atoms with Crippen molar-refractivity contribution in [2.45, 2.75) is 141 Å². The summed E-state index contributed by atoms with van der Waals surface area (Å²) in [7, 11) is 2.94. The minimum atomic E-state index is -0.887. The lowest BCUT2D eigenvalue weighted by atomic mass is 9.91. The Balaban J connectivity index is 4.01. The summed E-state index contributed by atoms with van der Waals surface area (Å²) in [4.78, 5) is 22.3. The molecule has 37 heavy (non-hydrogen) atoms. The minimum absolute atomic E-state index is 0.359. The lowest BCUT2D eigenvalue weighted by Gasteiger charge is -2.19. The molecule has 0 rings (SSSR count). The van der Waals surface area contributed by atoms with Crippen LogP contribution in [0.15, 0.2) is 24.3 Å². The van der Waals surface area contributed by atoms with Crippen LogP contribution < -0.4 is 0 Å². The SMILES string of the molecule is CCCCCCCC=CCC(CCCCCCCCC=CCCCC(OC)C(=O)O)CC(OC)C(=O)O. The number of methoxy groups -OCH3 is 2. The van der Waals surface area contributed by atoms with Gasteiger partial charge in [0, 0.05) is 14.2 Å². The number of hydrogen-bond donors (Lipinski definition) is 2. The Labute approximate surface area is 226 Å². The summed E-state index contributed by atoms with van der Waals surface area (Å²) >= 11 is 0. The number of carboxylic acids is 2. The molecule has 0 fully saturated rings. The molecule has 0 aromatic heterocycles. The monoisotopic (exact) mass is 524 g/mol. The smallest absolute Gasteiger partial charge is 0.332 e. The zero-order valence-electron chi connectivity index (χ0n) is 24.0. The number of carboxylic acid groups (broad SMARTS) is 2. The van der Waals surface area contributed by atoms with Crippen molar-refractivity contribution in [3.05, 3.63) is 24.3 Å². The maximum atomic E-state index is 11.4. The van der Waals surface area contributed by atoms with Crippen LogP contribution in [0.2, 0.25) is 0 Å². The molecule has 0 aliphatic heterocycles. The van der Waals surface area contributed by atoms with Gasteiger partial charge in [-0.25, -0.2) is 9.59 Å². The van der Waals surface area contributed by atoms with Crippen molar-refractivity contribution >= 4 is 11.9 Å². The molecule has 216 valence electrons. The highest BCUT2D eigenvalue weighted by Gasteiger charge is 2.21. The van der Waals surface area contributed by atoms with Gasteiger partial charge in [0.1, 0.15) is 0 Å². The standard InChI is InChI=1S/C31H56O6/c1-4-5-6-7-8-14-17-20-23-27(26-29(37-3)31(34)35)24-21-18-15-12-10-9-11-13-16-19-22-25-28(36-2)30(32)33/h13,16-17,20,27-29H,4-12,14-15,18-19,21-26H2,1-3H3,(H,32,33)(H,34,35). The summed E-state index contributed by atoms with van der Waals surface area (Å²) in [5, 5.41) is 18.3. The first kappa shape index (κ1) is 35.3. The van der Waals surface area contributed by atoms with E-state index in [2.05, 4.69) is 31.2 Å². The molecule has 0 radical (unpaired) electrons. The molecule has 0 heterocycles. The third-order valence-electron chi connectivity index (χ3n) is 7.01. The predicted octanol–water partition coefficient (Wildman–Crippen LogP) is 8.35. The largest absolute Gasteiger partial charge is 0.479 e. The van der Waals surface area contributed by atoms with E-state index in [1.807, 2.05) is 0 Å². The molecule has 0 spiro atoms. The van der Waals surface area contributed by atoms with Crippen LogP contribution in [0.1, 0.15) is 129 Å². The predicted molar refractivity (Wildman–Crippen MR) is 152 cm³/mol. The molecule has 0 saturated carbocycles. The van der Waals surface area contributed by atoms with Crippen LogP contribution in [0, 0.1) is 5.92 Å². The summed E-state index contributed by atoms with van der Waals surface area (Å²) in [6, 6.07) is 0. The molecule has 0 aromatic carbocycles. The first-order valence-electron chi connectivity index (χ1n) is 14.8. The van der Waals surface area contributed by atoms with Gasteiger partial charge in [-0.15, -0.1) is 0 Å². The van der Waals surface area contributed by atoms with Crippen LogP contribution in [0.5, 0.6) is 0 Å². The molecule has 0 aromatic rings. The molecule has 0 amide bonds. The number of aliphatic carboxylic acids is 2. The third-order valence-corrected chi connectivity index (χ3v) is 7.01. The average Bonchev–Trinajstić information content (AvgIpc) is 2.87. The van der Waals surface area contributed by atoms with Crippen LogP contribution >= 0.6 is 0 Å². The number of hydrogen-bond acceptors (Lipinski definition) is 4. The zero-order chi connectivity index (χ0) is 27.6. The van der Waals surface area contributed by atoms with Gasteiger partial charge in [-0.3, -0.25) is 0 Å². The number of ether oxygens (including phenoxy) is 2. The fourth-order valence-electron chi connectivity index (χ4n) is 4.61. The Morgan fingerprint density at radius 2 is 1.11 bits per heavy atom. The van der Waals surface area contributed by atoms with Gasteiger partial charge in [0.05, 0.1) is 0 Å². The topological polar surface area (TPSA) is 93.1 Å². The molecule has 0 aliphatic carbocycles. The summed E-state index contributed by atoms with van der Waals surface area (Å²) in [6.45, 7) is 2.24. The fourth-order valence-corrected chi connectivity index (χ4v) is 4.61. The van der Waals surface area contributed by atoms with E-state index in [0.717, 1.165) is 44.9 Å². The van der Waals surface area contributed by atoms with Gasteiger partial charge in [-0.2, -0.15) is 0 Å². The lowest BCUT2D eigenvalue weighted by Crippen LogP contribution is -2.25. The second-order valence-corrected chi connectivity index (χ2v) is 10.2. The van der Waals surface area contributed by atoms with Crippen LogP contribution in [-0.4, -0.2) is 48.6 Å². The van der Waals surface area contributed by atoms with E-state index in [-0.39, 0.29) is 0 Å². The van der Waals surface area contributed by atoms with Crippen molar-refractivity contribution in [2.24, 2.45) is 5.92 Å². The highest BCUT2D eigenvalue weighted by Crippen LogP contribution is 2.22. The van der Waals surface area contributed by atoms with E-state index < -0.39 is 24.1 Å². The normalized spacial score (nSPS) is 14.4. The number of carbonyl (C=O) groups is 2. The Hall–Kier alpha value is -1.66. The first-order valence-corrected chi connectivity index (χ1v) is 14.8. The third kappa shape index (κ3) is 22.1. The van der Waals surface area contributed by atoms with E-state index in [9.17, 15) is 14.7 Å². The molecule has 2 N–H and O–H groups in total. The Morgan fingerprint density at radius 1 is 0.622 bits per heavy atom.